The molecular formula is C27H19BrN4O3. The Morgan fingerprint density at radius 1 is 1.03 bits per heavy atom. The normalized spacial score (nSPS) is 10.6. The first-order chi connectivity index (χ1) is 17.0. The summed E-state index contributed by atoms with van der Waals surface area (Å²) < 4.78 is 7.76. The van der Waals surface area contributed by atoms with Gasteiger partial charge in [-0.05, 0) is 54.6 Å². The number of anilines is 1. The van der Waals surface area contributed by atoms with Crippen molar-refractivity contribution in [1.29, 1.82) is 5.26 Å². The van der Waals surface area contributed by atoms with Crippen LogP contribution in [0.2, 0.25) is 0 Å². The second-order valence-electron chi connectivity index (χ2n) is 7.40. The van der Waals surface area contributed by atoms with Gasteiger partial charge in [-0.15, -0.1) is 0 Å². The third-order valence-electron chi connectivity index (χ3n) is 4.92. The summed E-state index contributed by atoms with van der Waals surface area (Å²) in [5.74, 6) is -1.14. The van der Waals surface area contributed by atoms with Crippen LogP contribution in [0.4, 0.5) is 5.69 Å². The van der Waals surface area contributed by atoms with Gasteiger partial charge in [-0.3, -0.25) is 4.79 Å². The molecule has 1 N–H and O–H groups in total. The number of aromatic nitrogens is 2. The summed E-state index contributed by atoms with van der Waals surface area (Å²) >= 11 is 3.44. The molecule has 1 amide bonds. The first-order valence-electron chi connectivity index (χ1n) is 10.6. The maximum atomic E-state index is 12.3. The van der Waals surface area contributed by atoms with Crippen LogP contribution >= 0.6 is 15.9 Å². The Morgan fingerprint density at radius 2 is 1.74 bits per heavy atom. The number of halogens is 1. The molecule has 0 radical (unpaired) electrons. The number of carbonyl (C=O) groups is 2. The van der Waals surface area contributed by atoms with Crippen molar-refractivity contribution in [2.75, 3.05) is 11.9 Å². The number of para-hydroxylation sites is 1. The zero-order valence-electron chi connectivity index (χ0n) is 18.4. The number of rotatable bonds is 7. The summed E-state index contributed by atoms with van der Waals surface area (Å²) in [5.41, 5.74) is 4.18. The number of esters is 1. The molecule has 0 spiro atoms. The van der Waals surface area contributed by atoms with Gasteiger partial charge in [0.05, 0.1) is 23.0 Å². The third kappa shape index (κ3) is 6.31. The van der Waals surface area contributed by atoms with Crippen LogP contribution in [-0.2, 0) is 14.3 Å². The maximum Gasteiger partial charge on any atom is 0.331 e. The Labute approximate surface area is 210 Å². The lowest BCUT2D eigenvalue weighted by molar-refractivity contribution is -0.142. The first kappa shape index (κ1) is 23.7. The van der Waals surface area contributed by atoms with E-state index < -0.39 is 18.5 Å². The van der Waals surface area contributed by atoms with E-state index >= 15 is 0 Å². The molecule has 0 unspecified atom stereocenters. The molecule has 0 aliphatic heterocycles. The Kier molecular flexibility index (Phi) is 7.50. The van der Waals surface area contributed by atoms with Crippen molar-refractivity contribution in [3.63, 3.8) is 0 Å². The minimum absolute atomic E-state index is 0.438. The Hall–Kier alpha value is -4.48. The van der Waals surface area contributed by atoms with E-state index in [0.29, 0.717) is 16.9 Å². The van der Waals surface area contributed by atoms with Gasteiger partial charge < -0.3 is 10.1 Å². The van der Waals surface area contributed by atoms with Crippen molar-refractivity contribution in [1.82, 2.24) is 9.78 Å². The number of ether oxygens (including phenoxy) is 1. The summed E-state index contributed by atoms with van der Waals surface area (Å²) in [6.45, 7) is -0.438. The van der Waals surface area contributed by atoms with Gasteiger partial charge in [0, 0.05) is 33.6 Å². The van der Waals surface area contributed by atoms with E-state index in [4.69, 9.17) is 15.1 Å². The number of hydrogen-bond acceptors (Lipinski definition) is 5. The van der Waals surface area contributed by atoms with Crippen LogP contribution < -0.4 is 5.32 Å². The summed E-state index contributed by atoms with van der Waals surface area (Å²) in [5, 5.41) is 16.1. The van der Waals surface area contributed by atoms with Crippen molar-refractivity contribution >= 4 is 39.6 Å². The molecule has 172 valence electrons. The highest BCUT2D eigenvalue weighted by atomic mass is 79.9. The summed E-state index contributed by atoms with van der Waals surface area (Å²) in [7, 11) is 0. The molecule has 1 aromatic heterocycles. The van der Waals surface area contributed by atoms with E-state index in [-0.39, 0.29) is 0 Å². The molecule has 0 atom stereocenters. The molecule has 3 aromatic carbocycles. The number of nitrogens with zero attached hydrogens (tertiary/aromatic N) is 3. The molecule has 8 heteroatoms. The van der Waals surface area contributed by atoms with Crippen molar-refractivity contribution in [3.05, 3.63) is 107 Å². The van der Waals surface area contributed by atoms with Gasteiger partial charge in [-0.1, -0.05) is 46.3 Å². The minimum atomic E-state index is -0.658. The van der Waals surface area contributed by atoms with E-state index in [0.717, 1.165) is 21.3 Å². The van der Waals surface area contributed by atoms with Crippen molar-refractivity contribution in [2.45, 2.75) is 0 Å². The summed E-state index contributed by atoms with van der Waals surface area (Å²) in [6.07, 6.45) is 4.71. The molecule has 0 saturated heterocycles. The number of nitrogens with one attached hydrogen (secondary N) is 1. The van der Waals surface area contributed by atoms with E-state index in [1.807, 2.05) is 66.9 Å². The van der Waals surface area contributed by atoms with Gasteiger partial charge in [-0.25, -0.2) is 9.48 Å². The number of hydrogen-bond donors (Lipinski definition) is 1. The van der Waals surface area contributed by atoms with Crippen molar-refractivity contribution < 1.29 is 14.3 Å². The fourth-order valence-electron chi connectivity index (χ4n) is 3.22. The first-order valence-corrected chi connectivity index (χ1v) is 11.4. The quantitative estimate of drug-likeness (QED) is 0.258. The average molecular weight is 527 g/mol. The predicted molar refractivity (Wildman–Crippen MR) is 136 cm³/mol. The van der Waals surface area contributed by atoms with Gasteiger partial charge in [-0.2, -0.15) is 10.4 Å². The molecule has 0 aliphatic rings. The molecule has 35 heavy (non-hydrogen) atoms. The molecule has 4 rings (SSSR count). The van der Waals surface area contributed by atoms with Gasteiger partial charge in [0.15, 0.2) is 6.61 Å². The lowest BCUT2D eigenvalue weighted by atomic mass is 10.1. The van der Waals surface area contributed by atoms with Crippen LogP contribution in [0.3, 0.4) is 0 Å². The van der Waals surface area contributed by atoms with E-state index in [1.165, 1.54) is 6.08 Å². The molecule has 4 aromatic rings. The lowest BCUT2D eigenvalue weighted by Crippen LogP contribution is -2.20. The van der Waals surface area contributed by atoms with Crippen LogP contribution in [0.5, 0.6) is 0 Å². The van der Waals surface area contributed by atoms with Gasteiger partial charge in [0.2, 0.25) is 0 Å². The largest absolute Gasteiger partial charge is 0.452 e. The van der Waals surface area contributed by atoms with Crippen LogP contribution in [0.15, 0.2) is 95.6 Å². The monoisotopic (exact) mass is 526 g/mol. The third-order valence-corrected chi connectivity index (χ3v) is 5.45. The second kappa shape index (κ2) is 11.1. The van der Waals surface area contributed by atoms with Crippen LogP contribution in [0, 0.1) is 11.3 Å². The topological polar surface area (TPSA) is 97.0 Å². The molecule has 0 bridgehead atoms. The number of carbonyl (C=O) groups excluding carboxylic acids is 2. The average Bonchev–Trinajstić information content (AvgIpc) is 3.32. The fraction of sp³-hybridized carbons (Fsp3) is 0.0370. The van der Waals surface area contributed by atoms with Gasteiger partial charge in [0.1, 0.15) is 0 Å². The van der Waals surface area contributed by atoms with Gasteiger partial charge in [0.25, 0.3) is 5.91 Å². The zero-order valence-corrected chi connectivity index (χ0v) is 20.0. The molecule has 0 aliphatic carbocycles. The van der Waals surface area contributed by atoms with E-state index in [1.54, 1.807) is 35.0 Å². The highest BCUT2D eigenvalue weighted by Gasteiger charge is 2.12. The Balaban J connectivity index is 1.45. The van der Waals surface area contributed by atoms with E-state index in [9.17, 15) is 9.59 Å². The lowest BCUT2D eigenvalue weighted by Gasteiger charge is -2.05. The fourth-order valence-corrected chi connectivity index (χ4v) is 3.49. The van der Waals surface area contributed by atoms with Crippen LogP contribution in [0.25, 0.3) is 23.0 Å². The zero-order chi connectivity index (χ0) is 24.6. The Bertz CT molecular complexity index is 1400. The van der Waals surface area contributed by atoms with Crippen molar-refractivity contribution in [2.24, 2.45) is 0 Å². The molecular weight excluding hydrogens is 508 g/mol. The van der Waals surface area contributed by atoms with Crippen molar-refractivity contribution in [3.8, 4) is 23.0 Å². The maximum absolute atomic E-state index is 12.3. The smallest absolute Gasteiger partial charge is 0.331 e. The van der Waals surface area contributed by atoms with E-state index in [2.05, 4.69) is 21.2 Å². The van der Waals surface area contributed by atoms with Crippen LogP contribution in [0.1, 0.15) is 11.1 Å². The standard InChI is InChI=1S/C27H19BrN4O3/c28-22-11-8-20(9-12-22)27-21(17-32(31-27)24-4-2-1-3-5-24)10-15-26(34)35-18-25(33)30-23-13-6-19(16-29)7-14-23/h1-15,17H,18H2,(H,30,33)/b15-10+. The number of amides is 1. The summed E-state index contributed by atoms with van der Waals surface area (Å²) in [4.78, 5) is 24.3. The molecule has 0 saturated carbocycles. The number of nitriles is 1. The Morgan fingerprint density at radius 3 is 2.43 bits per heavy atom. The number of benzene rings is 3. The summed E-state index contributed by atoms with van der Waals surface area (Å²) in [6, 6.07) is 25.7. The van der Waals surface area contributed by atoms with Gasteiger partial charge >= 0.3 is 5.97 Å². The highest BCUT2D eigenvalue weighted by molar-refractivity contribution is 9.10. The van der Waals surface area contributed by atoms with Crippen LogP contribution in [-0.4, -0.2) is 28.3 Å². The molecule has 7 nitrogen and oxygen atoms in total. The highest BCUT2D eigenvalue weighted by Crippen LogP contribution is 2.26. The molecule has 1 heterocycles. The predicted octanol–water partition coefficient (Wildman–Crippen LogP) is 5.37. The second-order valence-corrected chi connectivity index (χ2v) is 8.31. The minimum Gasteiger partial charge on any atom is -0.452 e. The molecule has 0 fully saturated rings. The SMILES string of the molecule is N#Cc1ccc(NC(=O)COC(=O)/C=C/c2cn(-c3ccccc3)nc2-c2ccc(Br)cc2)cc1.